The highest BCUT2D eigenvalue weighted by Crippen LogP contribution is 2.16. The summed E-state index contributed by atoms with van der Waals surface area (Å²) in [5.74, 6) is 0.467. The van der Waals surface area contributed by atoms with Crippen LogP contribution in [0.1, 0.15) is 5.56 Å². The number of aliphatic hydroxyl groups is 2. The lowest BCUT2D eigenvalue weighted by Crippen LogP contribution is -2.14. The molecule has 1 rings (SSSR count). The van der Waals surface area contributed by atoms with Crippen LogP contribution in [0.3, 0.4) is 0 Å². The molecule has 0 saturated carbocycles. The Morgan fingerprint density at radius 3 is 2.87 bits per heavy atom. The standard InChI is InChI=1S/C10H16N2O2S/c1-11-4-8-2-3-10(12-5-8)15-7-9(14)6-13/h2-3,5,9,11,13-14H,4,6-7H2,1H3. The van der Waals surface area contributed by atoms with Crippen molar-refractivity contribution in [1.29, 1.82) is 0 Å². The SMILES string of the molecule is CNCc1ccc(SCC(O)CO)nc1. The van der Waals surface area contributed by atoms with Crippen molar-refractivity contribution in [3.05, 3.63) is 23.9 Å². The summed E-state index contributed by atoms with van der Waals surface area (Å²) in [4.78, 5) is 4.23. The Morgan fingerprint density at radius 1 is 1.53 bits per heavy atom. The minimum Gasteiger partial charge on any atom is -0.394 e. The summed E-state index contributed by atoms with van der Waals surface area (Å²) in [5.41, 5.74) is 1.13. The van der Waals surface area contributed by atoms with Gasteiger partial charge in [0.25, 0.3) is 0 Å². The minimum atomic E-state index is -0.672. The molecule has 0 aromatic carbocycles. The number of thioether (sulfide) groups is 1. The van der Waals surface area contributed by atoms with Crippen LogP contribution in [0.5, 0.6) is 0 Å². The number of nitrogens with one attached hydrogen (secondary N) is 1. The van der Waals surface area contributed by atoms with E-state index in [0.717, 1.165) is 17.1 Å². The van der Waals surface area contributed by atoms with Crippen molar-refractivity contribution in [3.8, 4) is 0 Å². The Morgan fingerprint density at radius 2 is 2.33 bits per heavy atom. The van der Waals surface area contributed by atoms with Gasteiger partial charge in [0.15, 0.2) is 0 Å². The van der Waals surface area contributed by atoms with E-state index in [1.54, 1.807) is 0 Å². The van der Waals surface area contributed by atoms with Crippen LogP contribution in [0.25, 0.3) is 0 Å². The van der Waals surface area contributed by atoms with Gasteiger partial charge in [-0.3, -0.25) is 0 Å². The van der Waals surface area contributed by atoms with E-state index in [0.29, 0.717) is 5.75 Å². The molecule has 0 amide bonds. The number of aromatic nitrogens is 1. The maximum absolute atomic E-state index is 9.15. The van der Waals surface area contributed by atoms with Gasteiger partial charge in [-0.1, -0.05) is 6.07 Å². The number of hydrogen-bond acceptors (Lipinski definition) is 5. The van der Waals surface area contributed by atoms with Gasteiger partial charge in [0.2, 0.25) is 0 Å². The maximum Gasteiger partial charge on any atom is 0.0960 e. The molecule has 1 heterocycles. The monoisotopic (exact) mass is 228 g/mol. The van der Waals surface area contributed by atoms with Gasteiger partial charge in [0.1, 0.15) is 0 Å². The van der Waals surface area contributed by atoms with Gasteiger partial charge >= 0.3 is 0 Å². The number of rotatable bonds is 6. The van der Waals surface area contributed by atoms with E-state index in [-0.39, 0.29) is 6.61 Å². The second-order valence-electron chi connectivity index (χ2n) is 3.18. The lowest BCUT2D eigenvalue weighted by atomic mass is 10.3. The number of pyridine rings is 1. The topological polar surface area (TPSA) is 65.4 Å². The molecule has 0 aliphatic heterocycles. The zero-order valence-electron chi connectivity index (χ0n) is 8.68. The fourth-order valence-electron chi connectivity index (χ4n) is 1.04. The van der Waals surface area contributed by atoms with Gasteiger partial charge in [-0.2, -0.15) is 0 Å². The summed E-state index contributed by atoms with van der Waals surface area (Å²) >= 11 is 1.44. The minimum absolute atomic E-state index is 0.204. The third-order valence-corrected chi connectivity index (χ3v) is 2.90. The summed E-state index contributed by atoms with van der Waals surface area (Å²) in [7, 11) is 1.89. The number of aliphatic hydroxyl groups excluding tert-OH is 2. The van der Waals surface area contributed by atoms with Crippen LogP contribution < -0.4 is 5.32 Å². The zero-order valence-corrected chi connectivity index (χ0v) is 9.50. The molecule has 1 aromatic rings. The van der Waals surface area contributed by atoms with Gasteiger partial charge in [-0.05, 0) is 18.7 Å². The number of hydrogen-bond donors (Lipinski definition) is 3. The lowest BCUT2D eigenvalue weighted by Gasteiger charge is -2.06. The first-order valence-corrected chi connectivity index (χ1v) is 5.76. The summed E-state index contributed by atoms with van der Waals surface area (Å²) in [6.07, 6.45) is 1.14. The predicted octanol–water partition coefficient (Wildman–Crippen LogP) is 0.246. The second kappa shape index (κ2) is 6.79. The summed E-state index contributed by atoms with van der Waals surface area (Å²) in [6, 6.07) is 3.92. The molecule has 3 N–H and O–H groups in total. The lowest BCUT2D eigenvalue weighted by molar-refractivity contribution is 0.113. The highest BCUT2D eigenvalue weighted by atomic mass is 32.2. The van der Waals surface area contributed by atoms with E-state index in [4.69, 9.17) is 10.2 Å². The van der Waals surface area contributed by atoms with E-state index < -0.39 is 6.10 Å². The van der Waals surface area contributed by atoms with Gasteiger partial charge in [0.05, 0.1) is 17.7 Å². The fourth-order valence-corrected chi connectivity index (χ4v) is 1.80. The third-order valence-electron chi connectivity index (χ3n) is 1.81. The number of nitrogens with zero attached hydrogens (tertiary/aromatic N) is 1. The Balaban J connectivity index is 2.42. The van der Waals surface area contributed by atoms with Crippen LogP contribution in [0.15, 0.2) is 23.4 Å². The van der Waals surface area contributed by atoms with Gasteiger partial charge in [0, 0.05) is 18.5 Å². The van der Waals surface area contributed by atoms with E-state index in [1.165, 1.54) is 11.8 Å². The first-order valence-electron chi connectivity index (χ1n) is 4.77. The molecular weight excluding hydrogens is 212 g/mol. The van der Waals surface area contributed by atoms with Crippen LogP contribution in [-0.4, -0.2) is 40.7 Å². The molecule has 0 spiro atoms. The molecule has 84 valence electrons. The van der Waals surface area contributed by atoms with Gasteiger partial charge in [-0.25, -0.2) is 4.98 Å². The largest absolute Gasteiger partial charge is 0.394 e. The molecule has 1 unspecified atom stereocenters. The summed E-state index contributed by atoms with van der Waals surface area (Å²) in [5, 5.41) is 21.7. The molecule has 0 fully saturated rings. The van der Waals surface area contributed by atoms with Crippen molar-refractivity contribution in [1.82, 2.24) is 10.3 Å². The first kappa shape index (κ1) is 12.4. The van der Waals surface area contributed by atoms with Crippen molar-refractivity contribution >= 4 is 11.8 Å². The zero-order chi connectivity index (χ0) is 11.1. The van der Waals surface area contributed by atoms with Crippen molar-refractivity contribution < 1.29 is 10.2 Å². The third kappa shape index (κ3) is 4.61. The van der Waals surface area contributed by atoms with E-state index in [1.807, 2.05) is 25.4 Å². The van der Waals surface area contributed by atoms with Crippen molar-refractivity contribution in [2.75, 3.05) is 19.4 Å². The van der Waals surface area contributed by atoms with Crippen LogP contribution >= 0.6 is 11.8 Å². The average Bonchev–Trinajstić information content (AvgIpc) is 2.28. The van der Waals surface area contributed by atoms with Crippen molar-refractivity contribution in [2.24, 2.45) is 0 Å². The summed E-state index contributed by atoms with van der Waals surface area (Å²) in [6.45, 7) is 0.599. The molecule has 1 atom stereocenters. The normalized spacial score (nSPS) is 12.7. The average molecular weight is 228 g/mol. The van der Waals surface area contributed by atoms with Crippen LogP contribution in [0.2, 0.25) is 0 Å². The van der Waals surface area contributed by atoms with Gasteiger partial charge in [-0.15, -0.1) is 11.8 Å². The van der Waals surface area contributed by atoms with Crippen LogP contribution in [0, 0.1) is 0 Å². The Labute approximate surface area is 93.7 Å². The Hall–Kier alpha value is -0.620. The predicted molar refractivity (Wildman–Crippen MR) is 60.8 cm³/mol. The quantitative estimate of drug-likeness (QED) is 0.609. The highest BCUT2D eigenvalue weighted by Gasteiger charge is 2.03. The van der Waals surface area contributed by atoms with Crippen molar-refractivity contribution in [3.63, 3.8) is 0 Å². The molecule has 0 bridgehead atoms. The summed E-state index contributed by atoms with van der Waals surface area (Å²) < 4.78 is 0. The molecule has 15 heavy (non-hydrogen) atoms. The maximum atomic E-state index is 9.15. The molecule has 0 aliphatic carbocycles. The molecular formula is C10H16N2O2S. The molecule has 4 nitrogen and oxygen atoms in total. The van der Waals surface area contributed by atoms with E-state index in [9.17, 15) is 0 Å². The van der Waals surface area contributed by atoms with E-state index in [2.05, 4.69) is 10.3 Å². The molecule has 0 saturated heterocycles. The van der Waals surface area contributed by atoms with Gasteiger partial charge < -0.3 is 15.5 Å². The van der Waals surface area contributed by atoms with E-state index >= 15 is 0 Å². The van der Waals surface area contributed by atoms with Crippen LogP contribution in [0.4, 0.5) is 0 Å². The Kier molecular flexibility index (Phi) is 5.63. The smallest absolute Gasteiger partial charge is 0.0960 e. The first-order chi connectivity index (χ1) is 7.26. The molecule has 0 radical (unpaired) electrons. The van der Waals surface area contributed by atoms with Crippen LogP contribution in [-0.2, 0) is 6.54 Å². The Bertz CT molecular complexity index is 279. The fraction of sp³-hybridized carbons (Fsp3) is 0.500. The highest BCUT2D eigenvalue weighted by molar-refractivity contribution is 7.99. The molecule has 1 aromatic heterocycles. The molecule has 0 aliphatic rings. The second-order valence-corrected chi connectivity index (χ2v) is 4.22. The van der Waals surface area contributed by atoms with Crippen molar-refractivity contribution in [2.45, 2.75) is 17.7 Å². The molecule has 5 heteroatoms.